The van der Waals surface area contributed by atoms with Gasteiger partial charge in [-0.05, 0) is 74.6 Å². The van der Waals surface area contributed by atoms with Crippen LogP contribution in [0.1, 0.15) is 62.8 Å². The molecule has 0 fully saturated rings. The van der Waals surface area contributed by atoms with Gasteiger partial charge in [0.2, 0.25) is 0 Å². The van der Waals surface area contributed by atoms with Crippen molar-refractivity contribution in [3.05, 3.63) is 40.5 Å². The summed E-state index contributed by atoms with van der Waals surface area (Å²) in [6.45, 7) is 8.00. The van der Waals surface area contributed by atoms with E-state index in [0.29, 0.717) is 0 Å². The number of aryl methyl sites for hydroxylation is 2. The lowest BCUT2D eigenvalue weighted by atomic mass is 9.99. The summed E-state index contributed by atoms with van der Waals surface area (Å²) in [5.74, 6) is 0. The number of allylic oxidation sites excluding steroid dienone is 2. The van der Waals surface area contributed by atoms with Crippen LogP contribution in [0.5, 0.6) is 0 Å². The molecule has 0 unspecified atom stereocenters. The molecule has 2 aliphatic carbocycles. The summed E-state index contributed by atoms with van der Waals surface area (Å²) in [6, 6.07) is 1.91. The molecule has 3 heteroatoms. The summed E-state index contributed by atoms with van der Waals surface area (Å²) in [4.78, 5) is 11.1. The number of amides is 2. The zero-order valence-electron chi connectivity index (χ0n) is 14.5. The zero-order chi connectivity index (χ0) is 16.5. The summed E-state index contributed by atoms with van der Waals surface area (Å²) in [7, 11) is 0. The summed E-state index contributed by atoms with van der Waals surface area (Å²) in [5.41, 5.74) is 11.8. The molecule has 3 nitrogen and oxygen atoms in total. The second kappa shape index (κ2) is 9.29. The molecule has 0 atom stereocenters. The van der Waals surface area contributed by atoms with Crippen molar-refractivity contribution in [3.63, 3.8) is 0 Å². The average Bonchev–Trinajstić information content (AvgIpc) is 3.17. The van der Waals surface area contributed by atoms with Crippen LogP contribution in [-0.2, 0) is 25.7 Å². The van der Waals surface area contributed by atoms with Gasteiger partial charge in [-0.3, -0.25) is 0 Å². The molecule has 3 rings (SSSR count). The standard InChI is InChI=1S/C13H16N2O.C4H8.C2H6/c14-13(16)15-12-10-5-1-3-8(10)7-9-4-2-6-11(9)12;1-3-4-2;1-2/h7H,1-6H2,(H3,14,15,16);3-4H,1-2H3;1-2H3/b;4-3-;. The molecule has 0 bridgehead atoms. The van der Waals surface area contributed by atoms with Gasteiger partial charge in [0.25, 0.3) is 0 Å². The summed E-state index contributed by atoms with van der Waals surface area (Å²) in [6.07, 6.45) is 10.9. The van der Waals surface area contributed by atoms with Crippen LogP contribution in [0.4, 0.5) is 10.5 Å². The molecule has 0 saturated heterocycles. The van der Waals surface area contributed by atoms with Crippen molar-refractivity contribution in [1.82, 2.24) is 0 Å². The van der Waals surface area contributed by atoms with Crippen LogP contribution in [-0.4, -0.2) is 6.03 Å². The van der Waals surface area contributed by atoms with Crippen LogP contribution in [0.25, 0.3) is 0 Å². The Morgan fingerprint density at radius 1 is 1.00 bits per heavy atom. The largest absolute Gasteiger partial charge is 0.351 e. The first kappa shape index (κ1) is 18.3. The van der Waals surface area contributed by atoms with Crippen LogP contribution in [0.15, 0.2) is 18.2 Å². The lowest BCUT2D eigenvalue weighted by Gasteiger charge is -2.14. The number of carbonyl (C=O) groups is 1. The minimum absolute atomic E-state index is 0.436. The molecule has 22 heavy (non-hydrogen) atoms. The number of rotatable bonds is 1. The minimum atomic E-state index is -0.436. The Morgan fingerprint density at radius 3 is 1.82 bits per heavy atom. The predicted molar refractivity (Wildman–Crippen MR) is 95.5 cm³/mol. The minimum Gasteiger partial charge on any atom is -0.351 e. The van der Waals surface area contributed by atoms with Crippen LogP contribution in [0, 0.1) is 0 Å². The Balaban J connectivity index is 0.000000354. The van der Waals surface area contributed by atoms with Gasteiger partial charge in [-0.25, -0.2) is 4.79 Å². The fourth-order valence-corrected chi connectivity index (χ4v) is 3.09. The third-order valence-corrected chi connectivity index (χ3v) is 4.05. The highest BCUT2D eigenvalue weighted by Crippen LogP contribution is 2.38. The second-order valence-corrected chi connectivity index (χ2v) is 5.39. The number of fused-ring (bicyclic) bond motifs is 2. The number of nitrogens with two attached hydrogens (primary N) is 1. The van der Waals surface area contributed by atoms with Gasteiger partial charge >= 0.3 is 6.03 Å². The van der Waals surface area contributed by atoms with E-state index in [1.807, 2.05) is 39.8 Å². The Morgan fingerprint density at radius 2 is 1.45 bits per heavy atom. The Hall–Kier alpha value is -1.77. The SMILES string of the molecule is C/C=C\C.CC.NC(=O)Nc1c2c(cc3c1CCC3)CCC2. The molecule has 2 amide bonds. The Labute approximate surface area is 135 Å². The van der Waals surface area contributed by atoms with Crippen LogP contribution in [0.3, 0.4) is 0 Å². The first-order valence-electron chi connectivity index (χ1n) is 8.47. The Kier molecular flexibility index (Phi) is 7.72. The molecule has 122 valence electrons. The molecule has 1 aromatic carbocycles. The average molecular weight is 302 g/mol. The highest BCUT2D eigenvalue weighted by atomic mass is 16.2. The van der Waals surface area contributed by atoms with Crippen molar-refractivity contribution in [2.45, 2.75) is 66.2 Å². The van der Waals surface area contributed by atoms with E-state index in [9.17, 15) is 4.79 Å². The highest BCUT2D eigenvalue weighted by molar-refractivity contribution is 5.90. The molecule has 0 spiro atoms. The molecular weight excluding hydrogens is 272 g/mol. The van der Waals surface area contributed by atoms with E-state index < -0.39 is 6.03 Å². The molecule has 1 aromatic rings. The van der Waals surface area contributed by atoms with Gasteiger partial charge in [-0.1, -0.05) is 32.1 Å². The van der Waals surface area contributed by atoms with Crippen molar-refractivity contribution in [2.24, 2.45) is 5.73 Å². The maximum Gasteiger partial charge on any atom is 0.316 e. The van der Waals surface area contributed by atoms with Gasteiger partial charge < -0.3 is 11.1 Å². The van der Waals surface area contributed by atoms with Crippen molar-refractivity contribution in [1.29, 1.82) is 0 Å². The van der Waals surface area contributed by atoms with Gasteiger partial charge in [0.1, 0.15) is 0 Å². The number of benzene rings is 1. The summed E-state index contributed by atoms with van der Waals surface area (Å²) >= 11 is 0. The maximum absolute atomic E-state index is 11.1. The number of primary amides is 1. The zero-order valence-corrected chi connectivity index (χ0v) is 14.5. The van der Waals surface area contributed by atoms with E-state index in [2.05, 4.69) is 11.4 Å². The maximum atomic E-state index is 11.1. The van der Waals surface area contributed by atoms with E-state index >= 15 is 0 Å². The molecular formula is C19H30N2O. The lowest BCUT2D eigenvalue weighted by molar-refractivity contribution is 0.259. The lowest BCUT2D eigenvalue weighted by Crippen LogP contribution is -2.21. The van der Waals surface area contributed by atoms with Crippen molar-refractivity contribution < 1.29 is 4.79 Å². The third kappa shape index (κ3) is 4.36. The van der Waals surface area contributed by atoms with Crippen molar-refractivity contribution in [2.75, 3.05) is 5.32 Å². The van der Waals surface area contributed by atoms with E-state index in [-0.39, 0.29) is 0 Å². The first-order chi connectivity index (χ1) is 10.7. The number of nitrogens with one attached hydrogen (secondary N) is 1. The molecule has 2 aliphatic rings. The van der Waals surface area contributed by atoms with E-state index in [1.54, 1.807) is 0 Å². The molecule has 0 saturated carbocycles. The van der Waals surface area contributed by atoms with Gasteiger partial charge in [-0.15, -0.1) is 0 Å². The summed E-state index contributed by atoms with van der Waals surface area (Å²) < 4.78 is 0. The van der Waals surface area contributed by atoms with Crippen molar-refractivity contribution in [3.8, 4) is 0 Å². The number of urea groups is 1. The van der Waals surface area contributed by atoms with Crippen LogP contribution in [0.2, 0.25) is 0 Å². The van der Waals surface area contributed by atoms with E-state index in [4.69, 9.17) is 5.73 Å². The van der Waals surface area contributed by atoms with Gasteiger partial charge in [-0.2, -0.15) is 0 Å². The number of hydrogen-bond acceptors (Lipinski definition) is 1. The number of hydrogen-bond donors (Lipinski definition) is 2. The topological polar surface area (TPSA) is 55.1 Å². The molecule has 0 radical (unpaired) electrons. The predicted octanol–water partition coefficient (Wildman–Crippen LogP) is 4.76. The molecule has 0 aliphatic heterocycles. The van der Waals surface area contributed by atoms with Gasteiger partial charge in [0.15, 0.2) is 0 Å². The fraction of sp³-hybridized carbons (Fsp3) is 0.526. The Bertz CT molecular complexity index is 496. The quantitative estimate of drug-likeness (QED) is 0.722. The van der Waals surface area contributed by atoms with E-state index in [0.717, 1.165) is 31.4 Å². The molecule has 3 N–H and O–H groups in total. The third-order valence-electron chi connectivity index (χ3n) is 4.05. The summed E-state index contributed by atoms with van der Waals surface area (Å²) in [5, 5.41) is 2.84. The smallest absolute Gasteiger partial charge is 0.316 e. The van der Waals surface area contributed by atoms with Crippen molar-refractivity contribution >= 4 is 11.7 Å². The molecule has 0 aromatic heterocycles. The van der Waals surface area contributed by atoms with Crippen LogP contribution < -0.4 is 11.1 Å². The van der Waals surface area contributed by atoms with Gasteiger partial charge in [0, 0.05) is 5.69 Å². The van der Waals surface area contributed by atoms with Crippen LogP contribution >= 0.6 is 0 Å². The van der Waals surface area contributed by atoms with E-state index in [1.165, 1.54) is 35.1 Å². The normalized spacial score (nSPS) is 14.4. The van der Waals surface area contributed by atoms with Gasteiger partial charge in [0.05, 0.1) is 0 Å². The molecule has 0 heterocycles. The second-order valence-electron chi connectivity index (χ2n) is 5.39. The fourth-order valence-electron chi connectivity index (χ4n) is 3.09. The number of anilines is 1. The highest BCUT2D eigenvalue weighted by Gasteiger charge is 2.24. The first-order valence-corrected chi connectivity index (χ1v) is 8.47. The number of carbonyl (C=O) groups excluding carboxylic acids is 1. The monoisotopic (exact) mass is 302 g/mol.